The summed E-state index contributed by atoms with van der Waals surface area (Å²) in [6, 6.07) is 9.91. The lowest BCUT2D eigenvalue weighted by molar-refractivity contribution is 0.172. The van der Waals surface area contributed by atoms with E-state index in [0.29, 0.717) is 13.2 Å². The van der Waals surface area contributed by atoms with Gasteiger partial charge in [0.25, 0.3) is 0 Å². The van der Waals surface area contributed by atoms with Crippen LogP contribution in [0.2, 0.25) is 0 Å². The molecule has 0 saturated carbocycles. The van der Waals surface area contributed by atoms with E-state index in [1.54, 1.807) is 14.2 Å². The summed E-state index contributed by atoms with van der Waals surface area (Å²) in [4.78, 5) is 8.40. The molecule has 0 radical (unpaired) electrons. The van der Waals surface area contributed by atoms with E-state index in [1.807, 2.05) is 36.7 Å². The Morgan fingerprint density at radius 2 is 2.12 bits per heavy atom. The average Bonchev–Trinajstić information content (AvgIpc) is 2.66. The van der Waals surface area contributed by atoms with Crippen molar-refractivity contribution in [2.75, 3.05) is 39.2 Å². The number of aliphatic imine (C=N–C) groups is 1. The summed E-state index contributed by atoms with van der Waals surface area (Å²) in [7, 11) is 3.46. The van der Waals surface area contributed by atoms with Crippen molar-refractivity contribution in [3.05, 3.63) is 53.9 Å². The maximum atomic E-state index is 5.73. The van der Waals surface area contributed by atoms with E-state index < -0.39 is 0 Å². The van der Waals surface area contributed by atoms with Crippen molar-refractivity contribution in [1.82, 2.24) is 10.3 Å². The molecule has 0 aliphatic rings. The minimum atomic E-state index is 0.634. The normalized spacial score (nSPS) is 11.3. The van der Waals surface area contributed by atoms with Crippen LogP contribution in [0.25, 0.3) is 0 Å². The van der Waals surface area contributed by atoms with Crippen LogP contribution in [-0.4, -0.2) is 44.9 Å². The molecular formula is C20H28N4O2. The molecule has 0 unspecified atom stereocenters. The van der Waals surface area contributed by atoms with Crippen molar-refractivity contribution in [2.24, 2.45) is 4.99 Å². The molecule has 2 N–H and O–H groups in total. The molecule has 0 atom stereocenters. The molecule has 1 aromatic heterocycles. The van der Waals surface area contributed by atoms with Crippen LogP contribution in [0.15, 0.2) is 47.7 Å². The summed E-state index contributed by atoms with van der Waals surface area (Å²) in [6.07, 6.45) is 5.50. The Labute approximate surface area is 155 Å². The first-order valence-corrected chi connectivity index (χ1v) is 8.82. The molecule has 2 aromatic rings. The third-order valence-electron chi connectivity index (χ3n) is 3.91. The molecule has 140 valence electrons. The molecule has 26 heavy (non-hydrogen) atoms. The topological polar surface area (TPSA) is 67.8 Å². The fourth-order valence-electron chi connectivity index (χ4n) is 2.47. The molecule has 6 nitrogen and oxygen atoms in total. The maximum absolute atomic E-state index is 5.73. The smallest absolute Gasteiger partial charge is 0.195 e. The zero-order chi connectivity index (χ0) is 18.6. The molecule has 0 amide bonds. The van der Waals surface area contributed by atoms with Crippen molar-refractivity contribution in [3.63, 3.8) is 0 Å². The van der Waals surface area contributed by atoms with E-state index in [9.17, 15) is 0 Å². The Morgan fingerprint density at radius 1 is 1.23 bits per heavy atom. The van der Waals surface area contributed by atoms with Gasteiger partial charge in [-0.2, -0.15) is 0 Å². The van der Waals surface area contributed by atoms with Gasteiger partial charge in [0, 0.05) is 57.9 Å². The minimum Gasteiger partial charge on any atom is -0.493 e. The molecule has 0 spiro atoms. The van der Waals surface area contributed by atoms with Crippen molar-refractivity contribution >= 4 is 11.6 Å². The third kappa shape index (κ3) is 6.72. The number of ether oxygens (including phenoxy) is 2. The number of hydrogen-bond acceptors (Lipinski definition) is 4. The van der Waals surface area contributed by atoms with E-state index >= 15 is 0 Å². The summed E-state index contributed by atoms with van der Waals surface area (Å²) in [5.41, 5.74) is 3.42. The van der Waals surface area contributed by atoms with Crippen LogP contribution in [0.3, 0.4) is 0 Å². The largest absolute Gasteiger partial charge is 0.493 e. The lowest BCUT2D eigenvalue weighted by Crippen LogP contribution is -2.32. The van der Waals surface area contributed by atoms with Crippen LogP contribution in [0.1, 0.15) is 17.5 Å². The lowest BCUT2D eigenvalue weighted by atomic mass is 10.1. The van der Waals surface area contributed by atoms with Crippen molar-refractivity contribution < 1.29 is 9.47 Å². The highest BCUT2D eigenvalue weighted by Crippen LogP contribution is 2.17. The SMILES string of the molecule is CN=C(NCCc1ccncc1C)Nc1cccc(OCCCOC)c1. The molecule has 1 heterocycles. The number of hydrogen-bond donors (Lipinski definition) is 2. The van der Waals surface area contributed by atoms with Crippen molar-refractivity contribution in [1.29, 1.82) is 0 Å². The number of anilines is 1. The first kappa shape index (κ1) is 19.7. The van der Waals surface area contributed by atoms with Crippen LogP contribution in [0.4, 0.5) is 5.69 Å². The van der Waals surface area contributed by atoms with Gasteiger partial charge < -0.3 is 20.1 Å². The lowest BCUT2D eigenvalue weighted by Gasteiger charge is -2.13. The highest BCUT2D eigenvalue weighted by Gasteiger charge is 2.03. The van der Waals surface area contributed by atoms with Gasteiger partial charge in [0.1, 0.15) is 5.75 Å². The van der Waals surface area contributed by atoms with Crippen molar-refractivity contribution in [2.45, 2.75) is 19.8 Å². The Hall–Kier alpha value is -2.60. The Bertz CT molecular complexity index is 704. The summed E-state index contributed by atoms with van der Waals surface area (Å²) in [5, 5.41) is 6.63. The van der Waals surface area contributed by atoms with Crippen LogP contribution < -0.4 is 15.4 Å². The Balaban J connectivity index is 1.82. The molecule has 0 aliphatic heterocycles. The van der Waals surface area contributed by atoms with E-state index in [1.165, 1.54) is 11.1 Å². The molecule has 1 aromatic carbocycles. The maximum Gasteiger partial charge on any atom is 0.195 e. The number of nitrogens with one attached hydrogen (secondary N) is 2. The van der Waals surface area contributed by atoms with Gasteiger partial charge in [-0.25, -0.2) is 0 Å². The molecule has 2 rings (SSSR count). The highest BCUT2D eigenvalue weighted by atomic mass is 16.5. The van der Waals surface area contributed by atoms with Gasteiger partial charge in [-0.15, -0.1) is 0 Å². The number of aryl methyl sites for hydroxylation is 1. The van der Waals surface area contributed by atoms with E-state index in [4.69, 9.17) is 9.47 Å². The van der Waals surface area contributed by atoms with Gasteiger partial charge in [-0.05, 0) is 42.7 Å². The molecule has 0 saturated heterocycles. The number of nitrogens with zero attached hydrogens (tertiary/aromatic N) is 2. The summed E-state index contributed by atoms with van der Waals surface area (Å²) in [6.45, 7) is 4.20. The summed E-state index contributed by atoms with van der Waals surface area (Å²) < 4.78 is 10.8. The second-order valence-electron chi connectivity index (χ2n) is 5.90. The molecular weight excluding hydrogens is 328 g/mol. The van der Waals surface area contributed by atoms with Crippen LogP contribution in [0.5, 0.6) is 5.75 Å². The second-order valence-corrected chi connectivity index (χ2v) is 5.90. The summed E-state index contributed by atoms with van der Waals surface area (Å²) >= 11 is 0. The predicted molar refractivity (Wildman–Crippen MR) is 106 cm³/mol. The Morgan fingerprint density at radius 3 is 2.88 bits per heavy atom. The number of benzene rings is 1. The monoisotopic (exact) mass is 356 g/mol. The molecule has 6 heteroatoms. The first-order chi connectivity index (χ1) is 12.7. The van der Waals surface area contributed by atoms with Crippen LogP contribution >= 0.6 is 0 Å². The predicted octanol–water partition coefficient (Wildman–Crippen LogP) is 3.04. The number of pyridine rings is 1. The van der Waals surface area contributed by atoms with Gasteiger partial charge in [-0.3, -0.25) is 9.98 Å². The van der Waals surface area contributed by atoms with E-state index in [2.05, 4.69) is 33.6 Å². The number of rotatable bonds is 9. The van der Waals surface area contributed by atoms with E-state index in [-0.39, 0.29) is 0 Å². The molecule has 0 fully saturated rings. The van der Waals surface area contributed by atoms with Crippen LogP contribution in [-0.2, 0) is 11.2 Å². The van der Waals surface area contributed by atoms with Gasteiger partial charge in [0.2, 0.25) is 0 Å². The standard InChI is InChI=1S/C20H28N4O2/c1-16-15-22-10-8-17(16)9-11-23-20(21-2)24-18-6-4-7-19(14-18)26-13-5-12-25-3/h4,6-8,10,14-15H,5,9,11-13H2,1-3H3,(H2,21,23,24). The van der Waals surface area contributed by atoms with Gasteiger partial charge in [0.15, 0.2) is 5.96 Å². The van der Waals surface area contributed by atoms with Crippen LogP contribution in [0, 0.1) is 6.92 Å². The fraction of sp³-hybridized carbons (Fsp3) is 0.400. The molecule has 0 aliphatic carbocycles. The first-order valence-electron chi connectivity index (χ1n) is 8.82. The zero-order valence-electron chi connectivity index (χ0n) is 15.8. The minimum absolute atomic E-state index is 0.634. The fourth-order valence-corrected chi connectivity index (χ4v) is 2.47. The zero-order valence-corrected chi connectivity index (χ0v) is 15.8. The van der Waals surface area contributed by atoms with E-state index in [0.717, 1.165) is 36.8 Å². The number of aromatic nitrogens is 1. The highest BCUT2D eigenvalue weighted by molar-refractivity contribution is 5.93. The molecule has 0 bridgehead atoms. The average molecular weight is 356 g/mol. The third-order valence-corrected chi connectivity index (χ3v) is 3.91. The number of methoxy groups -OCH3 is 1. The second kappa shape index (κ2) is 11.1. The Kier molecular flexibility index (Phi) is 8.42. The van der Waals surface area contributed by atoms with Gasteiger partial charge in [-0.1, -0.05) is 6.07 Å². The van der Waals surface area contributed by atoms with Gasteiger partial charge in [0.05, 0.1) is 6.61 Å². The quantitative estimate of drug-likeness (QED) is 0.411. The van der Waals surface area contributed by atoms with Crippen molar-refractivity contribution in [3.8, 4) is 5.75 Å². The van der Waals surface area contributed by atoms with Gasteiger partial charge >= 0.3 is 0 Å². The summed E-state index contributed by atoms with van der Waals surface area (Å²) in [5.74, 6) is 1.56. The number of guanidine groups is 1.